The highest BCUT2D eigenvalue weighted by Crippen LogP contribution is 2.31. The normalized spacial score (nSPS) is 11.9. The lowest BCUT2D eigenvalue weighted by atomic mass is 10.0. The molecule has 18 heavy (non-hydrogen) atoms. The molecule has 3 heteroatoms. The average molecular weight is 249 g/mol. The van der Waals surface area contributed by atoms with Crippen LogP contribution in [0.4, 0.5) is 0 Å². The molecule has 3 nitrogen and oxygen atoms in total. The molecule has 0 aromatic heterocycles. The van der Waals surface area contributed by atoms with Crippen LogP contribution in [0.3, 0.4) is 0 Å². The predicted molar refractivity (Wildman–Crippen MR) is 75.1 cm³/mol. The van der Waals surface area contributed by atoms with E-state index in [4.69, 9.17) is 15.2 Å². The number of hydrogen-bond donors (Lipinski definition) is 1. The van der Waals surface area contributed by atoms with Gasteiger partial charge >= 0.3 is 0 Å². The monoisotopic (exact) mass is 249 g/mol. The van der Waals surface area contributed by atoms with Crippen LogP contribution in [0.25, 0.3) is 0 Å². The number of nitrogens with two attached hydrogens (primary N) is 1. The Kier molecular flexibility index (Phi) is 6.29. The third kappa shape index (κ3) is 4.08. The maximum absolute atomic E-state index is 6.13. The number of rotatable bonds is 8. The van der Waals surface area contributed by atoms with Gasteiger partial charge in [0.05, 0.1) is 13.2 Å². The van der Waals surface area contributed by atoms with Crippen LogP contribution in [0.2, 0.25) is 0 Å². The van der Waals surface area contributed by atoms with Crippen molar-refractivity contribution in [2.75, 3.05) is 13.2 Å². The van der Waals surface area contributed by atoms with Gasteiger partial charge in [0.25, 0.3) is 0 Å². The summed E-state index contributed by atoms with van der Waals surface area (Å²) in [6.45, 7) is 8.87. The van der Waals surface area contributed by atoms with Gasteiger partial charge in [-0.05, 0) is 44.4 Å². The zero-order chi connectivity index (χ0) is 13.4. The third-order valence-corrected chi connectivity index (χ3v) is 2.68. The molecule has 0 heterocycles. The van der Waals surface area contributed by atoms with Gasteiger partial charge < -0.3 is 15.2 Å². The maximum atomic E-state index is 6.13. The van der Waals surface area contributed by atoms with Crippen molar-refractivity contribution in [1.29, 1.82) is 0 Å². The molecular formula is C15H23NO2. The Balaban J connectivity index is 2.87. The van der Waals surface area contributed by atoms with Gasteiger partial charge in [0.2, 0.25) is 0 Å². The topological polar surface area (TPSA) is 44.5 Å². The van der Waals surface area contributed by atoms with Gasteiger partial charge in [-0.2, -0.15) is 0 Å². The fraction of sp³-hybridized carbons (Fsp3) is 0.467. The van der Waals surface area contributed by atoms with Crippen molar-refractivity contribution in [2.45, 2.75) is 32.7 Å². The lowest BCUT2D eigenvalue weighted by molar-refractivity contribution is 0.287. The first-order valence-corrected chi connectivity index (χ1v) is 6.48. The zero-order valence-electron chi connectivity index (χ0n) is 11.3. The molecule has 100 valence electrons. The van der Waals surface area contributed by atoms with Crippen LogP contribution in [0.1, 0.15) is 38.3 Å². The van der Waals surface area contributed by atoms with Crippen LogP contribution in [-0.2, 0) is 0 Å². The molecule has 0 aliphatic carbocycles. The SMILES string of the molecule is C=CCCC(N)c1ccc(OCC)c(OCC)c1. The van der Waals surface area contributed by atoms with E-state index in [1.807, 2.05) is 38.1 Å². The molecule has 0 bridgehead atoms. The van der Waals surface area contributed by atoms with E-state index >= 15 is 0 Å². The van der Waals surface area contributed by atoms with E-state index in [1.165, 1.54) is 0 Å². The van der Waals surface area contributed by atoms with E-state index < -0.39 is 0 Å². The molecule has 0 saturated carbocycles. The second-order valence-corrected chi connectivity index (χ2v) is 4.04. The van der Waals surface area contributed by atoms with Crippen molar-refractivity contribution >= 4 is 0 Å². The van der Waals surface area contributed by atoms with Gasteiger partial charge in [0.15, 0.2) is 11.5 Å². The summed E-state index contributed by atoms with van der Waals surface area (Å²) in [5, 5.41) is 0. The molecule has 0 spiro atoms. The first kappa shape index (κ1) is 14.6. The molecule has 1 unspecified atom stereocenters. The van der Waals surface area contributed by atoms with E-state index in [9.17, 15) is 0 Å². The quantitative estimate of drug-likeness (QED) is 0.718. The summed E-state index contributed by atoms with van der Waals surface area (Å²) in [6, 6.07) is 5.92. The molecule has 0 fully saturated rings. The zero-order valence-corrected chi connectivity index (χ0v) is 11.3. The van der Waals surface area contributed by atoms with Gasteiger partial charge in [-0.3, -0.25) is 0 Å². The molecule has 2 N–H and O–H groups in total. The Morgan fingerprint density at radius 1 is 1.22 bits per heavy atom. The minimum atomic E-state index is 0.0119. The lowest BCUT2D eigenvalue weighted by Crippen LogP contribution is -2.10. The Hall–Kier alpha value is -1.48. The summed E-state index contributed by atoms with van der Waals surface area (Å²) in [5.41, 5.74) is 7.20. The van der Waals surface area contributed by atoms with Crippen LogP contribution in [0.15, 0.2) is 30.9 Å². The van der Waals surface area contributed by atoms with Gasteiger partial charge in [-0.15, -0.1) is 6.58 Å². The van der Waals surface area contributed by atoms with Crippen LogP contribution in [0.5, 0.6) is 11.5 Å². The molecule has 0 aliphatic heterocycles. The Morgan fingerprint density at radius 2 is 1.89 bits per heavy atom. The minimum absolute atomic E-state index is 0.0119. The fourth-order valence-corrected chi connectivity index (χ4v) is 1.76. The molecular weight excluding hydrogens is 226 g/mol. The van der Waals surface area contributed by atoms with Crippen LogP contribution >= 0.6 is 0 Å². The lowest BCUT2D eigenvalue weighted by Gasteiger charge is -2.15. The average Bonchev–Trinajstić information content (AvgIpc) is 2.38. The first-order valence-electron chi connectivity index (χ1n) is 6.48. The van der Waals surface area contributed by atoms with Crippen LogP contribution in [0, 0.1) is 0 Å². The Morgan fingerprint density at radius 3 is 2.50 bits per heavy atom. The van der Waals surface area contributed by atoms with Crippen molar-refractivity contribution in [3.8, 4) is 11.5 Å². The number of hydrogen-bond acceptors (Lipinski definition) is 3. The number of allylic oxidation sites excluding steroid dienone is 1. The number of ether oxygens (including phenoxy) is 2. The van der Waals surface area contributed by atoms with Gasteiger partial charge in [-0.25, -0.2) is 0 Å². The van der Waals surface area contributed by atoms with Crippen LogP contribution < -0.4 is 15.2 Å². The second kappa shape index (κ2) is 7.77. The maximum Gasteiger partial charge on any atom is 0.161 e. The highest BCUT2D eigenvalue weighted by molar-refractivity contribution is 5.43. The van der Waals surface area contributed by atoms with Crippen molar-refractivity contribution in [1.82, 2.24) is 0 Å². The van der Waals surface area contributed by atoms with Gasteiger partial charge in [0.1, 0.15) is 0 Å². The summed E-state index contributed by atoms with van der Waals surface area (Å²) in [5.74, 6) is 1.55. The van der Waals surface area contributed by atoms with Gasteiger partial charge in [0, 0.05) is 6.04 Å². The third-order valence-electron chi connectivity index (χ3n) is 2.68. The van der Waals surface area contributed by atoms with E-state index in [-0.39, 0.29) is 6.04 Å². The second-order valence-electron chi connectivity index (χ2n) is 4.04. The van der Waals surface area contributed by atoms with Gasteiger partial charge in [-0.1, -0.05) is 12.1 Å². The Bertz CT molecular complexity index is 377. The highest BCUT2D eigenvalue weighted by atomic mass is 16.5. The molecule has 1 rings (SSSR count). The van der Waals surface area contributed by atoms with Crippen molar-refractivity contribution in [3.05, 3.63) is 36.4 Å². The van der Waals surface area contributed by atoms with Crippen molar-refractivity contribution < 1.29 is 9.47 Å². The molecule has 0 saturated heterocycles. The van der Waals surface area contributed by atoms with E-state index in [1.54, 1.807) is 0 Å². The Labute approximate surface area is 110 Å². The smallest absolute Gasteiger partial charge is 0.161 e. The van der Waals surface area contributed by atoms with E-state index in [0.29, 0.717) is 13.2 Å². The van der Waals surface area contributed by atoms with Crippen molar-refractivity contribution in [2.24, 2.45) is 5.73 Å². The summed E-state index contributed by atoms with van der Waals surface area (Å²) < 4.78 is 11.1. The van der Waals surface area contributed by atoms with Crippen LogP contribution in [-0.4, -0.2) is 13.2 Å². The molecule has 1 aromatic carbocycles. The fourth-order valence-electron chi connectivity index (χ4n) is 1.76. The highest BCUT2D eigenvalue weighted by Gasteiger charge is 2.10. The molecule has 1 aromatic rings. The van der Waals surface area contributed by atoms with E-state index in [2.05, 4.69) is 6.58 Å². The molecule has 0 amide bonds. The number of benzene rings is 1. The van der Waals surface area contributed by atoms with E-state index in [0.717, 1.165) is 29.9 Å². The predicted octanol–water partition coefficient (Wildman–Crippen LogP) is 3.45. The first-order chi connectivity index (χ1) is 8.72. The summed E-state index contributed by atoms with van der Waals surface area (Å²) in [4.78, 5) is 0. The summed E-state index contributed by atoms with van der Waals surface area (Å²) in [7, 11) is 0. The standard InChI is InChI=1S/C15H23NO2/c1-4-7-8-13(16)12-9-10-14(17-5-2)15(11-12)18-6-3/h4,9-11,13H,1,5-8,16H2,2-3H3. The summed E-state index contributed by atoms with van der Waals surface area (Å²) >= 11 is 0. The minimum Gasteiger partial charge on any atom is -0.490 e. The molecule has 0 radical (unpaired) electrons. The molecule has 1 atom stereocenters. The largest absolute Gasteiger partial charge is 0.490 e. The molecule has 0 aliphatic rings. The van der Waals surface area contributed by atoms with Crippen molar-refractivity contribution in [3.63, 3.8) is 0 Å². The summed E-state index contributed by atoms with van der Waals surface area (Å²) in [6.07, 6.45) is 3.69.